The summed E-state index contributed by atoms with van der Waals surface area (Å²) in [7, 11) is 0. The first-order valence-corrected chi connectivity index (χ1v) is 7.15. The van der Waals surface area contributed by atoms with E-state index in [1.165, 1.54) is 10.9 Å². The summed E-state index contributed by atoms with van der Waals surface area (Å²) in [6.07, 6.45) is -1.74. The molecule has 0 aromatic heterocycles. The summed E-state index contributed by atoms with van der Waals surface area (Å²) in [6.45, 7) is 2.09. The SMILES string of the molecule is Cc1cccc2cc3c(cc12)-c1ccccc1[C@H](O)[C@@H]3O. The number of benzene rings is 3. The van der Waals surface area contributed by atoms with Crippen LogP contribution in [0.1, 0.15) is 28.9 Å². The van der Waals surface area contributed by atoms with Crippen LogP contribution in [0.3, 0.4) is 0 Å². The van der Waals surface area contributed by atoms with Crippen LogP contribution in [-0.4, -0.2) is 10.2 Å². The fourth-order valence-corrected chi connectivity index (χ4v) is 3.32. The molecule has 1 aliphatic rings. The zero-order chi connectivity index (χ0) is 14.6. The second kappa shape index (κ2) is 4.42. The van der Waals surface area contributed by atoms with Crippen LogP contribution in [0.25, 0.3) is 21.9 Å². The molecule has 3 aromatic rings. The average Bonchev–Trinajstić information content (AvgIpc) is 2.52. The molecule has 2 atom stereocenters. The van der Waals surface area contributed by atoms with E-state index in [0.717, 1.165) is 27.6 Å². The zero-order valence-electron chi connectivity index (χ0n) is 11.7. The lowest BCUT2D eigenvalue weighted by Gasteiger charge is -2.29. The molecule has 0 fully saturated rings. The number of rotatable bonds is 0. The van der Waals surface area contributed by atoms with E-state index >= 15 is 0 Å². The standard InChI is InChI=1S/C19H16O2/c1-11-5-4-6-12-9-17-16(10-15(11)12)13-7-2-3-8-14(13)18(20)19(17)21/h2-10,18-21H,1H3/t18-,19+/m0/s1. The van der Waals surface area contributed by atoms with E-state index in [1.54, 1.807) is 0 Å². The molecule has 0 saturated carbocycles. The molecule has 0 bridgehead atoms. The average molecular weight is 276 g/mol. The Morgan fingerprint density at radius 1 is 0.762 bits per heavy atom. The van der Waals surface area contributed by atoms with Crippen molar-refractivity contribution in [2.24, 2.45) is 0 Å². The van der Waals surface area contributed by atoms with Crippen molar-refractivity contribution in [1.82, 2.24) is 0 Å². The smallest absolute Gasteiger partial charge is 0.110 e. The predicted octanol–water partition coefficient (Wildman–Crippen LogP) is 3.90. The maximum atomic E-state index is 10.5. The van der Waals surface area contributed by atoms with Gasteiger partial charge in [0, 0.05) is 0 Å². The van der Waals surface area contributed by atoms with Gasteiger partial charge in [-0.25, -0.2) is 0 Å². The summed E-state index contributed by atoms with van der Waals surface area (Å²) in [5, 5.41) is 23.1. The summed E-state index contributed by atoms with van der Waals surface area (Å²) in [4.78, 5) is 0. The Kier molecular flexibility index (Phi) is 2.64. The van der Waals surface area contributed by atoms with E-state index in [2.05, 4.69) is 19.1 Å². The fraction of sp³-hybridized carbons (Fsp3) is 0.158. The minimum atomic E-state index is -0.875. The van der Waals surface area contributed by atoms with Crippen LogP contribution in [-0.2, 0) is 0 Å². The Morgan fingerprint density at radius 2 is 1.52 bits per heavy atom. The Hall–Kier alpha value is -2.16. The van der Waals surface area contributed by atoms with Crippen LogP contribution in [0, 0.1) is 6.92 Å². The van der Waals surface area contributed by atoms with Gasteiger partial charge in [0.15, 0.2) is 0 Å². The third kappa shape index (κ3) is 1.73. The monoisotopic (exact) mass is 276 g/mol. The van der Waals surface area contributed by atoms with Crippen LogP contribution >= 0.6 is 0 Å². The Morgan fingerprint density at radius 3 is 2.38 bits per heavy atom. The number of aliphatic hydroxyl groups excluding tert-OH is 2. The van der Waals surface area contributed by atoms with Gasteiger partial charge in [0.05, 0.1) is 0 Å². The third-order valence-corrected chi connectivity index (χ3v) is 4.46. The number of fused-ring (bicyclic) bond motifs is 4. The molecule has 0 amide bonds. The molecule has 21 heavy (non-hydrogen) atoms. The van der Waals surface area contributed by atoms with Crippen LogP contribution in [0.2, 0.25) is 0 Å². The van der Waals surface area contributed by atoms with E-state index < -0.39 is 12.2 Å². The number of aryl methyl sites for hydroxylation is 1. The summed E-state index contributed by atoms with van der Waals surface area (Å²) >= 11 is 0. The molecule has 0 unspecified atom stereocenters. The van der Waals surface area contributed by atoms with Gasteiger partial charge in [-0.3, -0.25) is 0 Å². The van der Waals surface area contributed by atoms with Gasteiger partial charge >= 0.3 is 0 Å². The van der Waals surface area contributed by atoms with Gasteiger partial charge < -0.3 is 10.2 Å². The quantitative estimate of drug-likeness (QED) is 0.654. The molecule has 0 aliphatic heterocycles. The highest BCUT2D eigenvalue weighted by Gasteiger charge is 2.31. The minimum absolute atomic E-state index is 0.797. The molecule has 0 heterocycles. The van der Waals surface area contributed by atoms with Crippen molar-refractivity contribution in [3.63, 3.8) is 0 Å². The summed E-state index contributed by atoms with van der Waals surface area (Å²) in [5.41, 5.74) is 4.85. The molecular formula is C19H16O2. The summed E-state index contributed by atoms with van der Waals surface area (Å²) in [6, 6.07) is 18.0. The van der Waals surface area contributed by atoms with E-state index in [-0.39, 0.29) is 0 Å². The van der Waals surface area contributed by atoms with Crippen LogP contribution in [0.5, 0.6) is 0 Å². The highest BCUT2D eigenvalue weighted by molar-refractivity contribution is 5.92. The van der Waals surface area contributed by atoms with Crippen LogP contribution < -0.4 is 0 Å². The molecule has 4 rings (SSSR count). The third-order valence-electron chi connectivity index (χ3n) is 4.46. The van der Waals surface area contributed by atoms with Crippen LogP contribution in [0.4, 0.5) is 0 Å². The Bertz CT molecular complexity index is 851. The number of aliphatic hydroxyl groups is 2. The molecule has 104 valence electrons. The molecule has 0 spiro atoms. The van der Waals surface area contributed by atoms with Gasteiger partial charge in [-0.05, 0) is 57.6 Å². The molecule has 2 N–H and O–H groups in total. The van der Waals surface area contributed by atoms with Gasteiger partial charge in [0.25, 0.3) is 0 Å². The molecule has 1 aliphatic carbocycles. The van der Waals surface area contributed by atoms with Gasteiger partial charge in [0.2, 0.25) is 0 Å². The second-order valence-corrected chi connectivity index (χ2v) is 5.71. The zero-order valence-corrected chi connectivity index (χ0v) is 11.7. The van der Waals surface area contributed by atoms with Crippen molar-refractivity contribution in [3.05, 3.63) is 71.3 Å². The van der Waals surface area contributed by atoms with Gasteiger partial charge in [-0.15, -0.1) is 0 Å². The largest absolute Gasteiger partial charge is 0.385 e. The van der Waals surface area contributed by atoms with Crippen molar-refractivity contribution >= 4 is 10.8 Å². The first-order chi connectivity index (χ1) is 10.2. The highest BCUT2D eigenvalue weighted by Crippen LogP contribution is 2.45. The first-order valence-electron chi connectivity index (χ1n) is 7.15. The first kappa shape index (κ1) is 12.6. The van der Waals surface area contributed by atoms with Crippen molar-refractivity contribution < 1.29 is 10.2 Å². The summed E-state index contributed by atoms with van der Waals surface area (Å²) in [5.74, 6) is 0. The lowest BCUT2D eigenvalue weighted by atomic mass is 9.80. The minimum Gasteiger partial charge on any atom is -0.385 e. The lowest BCUT2D eigenvalue weighted by Crippen LogP contribution is -2.17. The fourth-order valence-electron chi connectivity index (χ4n) is 3.32. The van der Waals surface area contributed by atoms with Crippen molar-refractivity contribution in [1.29, 1.82) is 0 Å². The van der Waals surface area contributed by atoms with Crippen molar-refractivity contribution in [2.75, 3.05) is 0 Å². The van der Waals surface area contributed by atoms with Crippen molar-refractivity contribution in [3.8, 4) is 11.1 Å². The molecule has 2 nitrogen and oxygen atoms in total. The van der Waals surface area contributed by atoms with Crippen LogP contribution in [0.15, 0.2) is 54.6 Å². The van der Waals surface area contributed by atoms with Crippen molar-refractivity contribution in [2.45, 2.75) is 19.1 Å². The molecule has 0 saturated heterocycles. The lowest BCUT2D eigenvalue weighted by molar-refractivity contribution is 0.0159. The van der Waals surface area contributed by atoms with E-state index in [9.17, 15) is 10.2 Å². The normalized spacial score (nSPS) is 20.1. The Labute approximate surface area is 123 Å². The number of hydrogen-bond acceptors (Lipinski definition) is 2. The maximum absolute atomic E-state index is 10.5. The van der Waals surface area contributed by atoms with Gasteiger partial charge in [-0.1, -0.05) is 42.5 Å². The maximum Gasteiger partial charge on any atom is 0.110 e. The molecule has 0 radical (unpaired) electrons. The molecule has 2 heteroatoms. The summed E-state index contributed by atoms with van der Waals surface area (Å²) < 4.78 is 0. The predicted molar refractivity (Wildman–Crippen MR) is 84.0 cm³/mol. The molecular weight excluding hydrogens is 260 g/mol. The second-order valence-electron chi connectivity index (χ2n) is 5.71. The van der Waals surface area contributed by atoms with Gasteiger partial charge in [0.1, 0.15) is 12.2 Å². The van der Waals surface area contributed by atoms with E-state index in [1.807, 2.05) is 42.5 Å². The Balaban J connectivity index is 2.11. The highest BCUT2D eigenvalue weighted by atomic mass is 16.3. The van der Waals surface area contributed by atoms with Gasteiger partial charge in [-0.2, -0.15) is 0 Å². The molecule has 3 aromatic carbocycles. The topological polar surface area (TPSA) is 40.5 Å². The van der Waals surface area contributed by atoms with E-state index in [0.29, 0.717) is 0 Å². The van der Waals surface area contributed by atoms with E-state index in [4.69, 9.17) is 0 Å². The number of hydrogen-bond donors (Lipinski definition) is 2.